The quantitative estimate of drug-likeness (QED) is 0.292. The van der Waals surface area contributed by atoms with Crippen LogP contribution < -0.4 is 9.75 Å². The Morgan fingerprint density at radius 1 is 0.903 bits per heavy atom. The van der Waals surface area contributed by atoms with Crippen molar-refractivity contribution < 1.29 is 17.7 Å². The van der Waals surface area contributed by atoms with Crippen LogP contribution in [0.3, 0.4) is 0 Å². The molecule has 1 aromatic heterocycles. The van der Waals surface area contributed by atoms with Crippen molar-refractivity contribution in [3.8, 4) is 11.3 Å². The average molecular weight is 445 g/mol. The van der Waals surface area contributed by atoms with Crippen molar-refractivity contribution in [1.29, 1.82) is 0 Å². The van der Waals surface area contributed by atoms with Gasteiger partial charge in [0.2, 0.25) is 5.69 Å². The van der Waals surface area contributed by atoms with Gasteiger partial charge >= 0.3 is 6.18 Å². The minimum absolute atomic E-state index is 0.314. The van der Waals surface area contributed by atoms with Gasteiger partial charge in [0.05, 0.1) is 25.4 Å². The van der Waals surface area contributed by atoms with Gasteiger partial charge in [-0.15, -0.1) is 0 Å². The van der Waals surface area contributed by atoms with E-state index in [0.717, 1.165) is 33.2 Å². The highest BCUT2D eigenvalue weighted by atomic mass is 28.3. The van der Waals surface area contributed by atoms with Crippen molar-refractivity contribution in [2.24, 2.45) is 7.05 Å². The van der Waals surface area contributed by atoms with Crippen LogP contribution >= 0.6 is 0 Å². The number of benzene rings is 2. The molecule has 0 aliphatic heterocycles. The van der Waals surface area contributed by atoms with Gasteiger partial charge in [-0.3, -0.25) is 0 Å². The van der Waals surface area contributed by atoms with Gasteiger partial charge in [0.15, 0.2) is 6.20 Å². The highest BCUT2D eigenvalue weighted by Crippen LogP contribution is 2.33. The lowest BCUT2D eigenvalue weighted by Gasteiger charge is -2.29. The van der Waals surface area contributed by atoms with Gasteiger partial charge in [-0.1, -0.05) is 62.3 Å². The first-order chi connectivity index (χ1) is 14.5. The van der Waals surface area contributed by atoms with E-state index in [9.17, 15) is 13.2 Å². The van der Waals surface area contributed by atoms with Crippen molar-refractivity contribution >= 4 is 24.0 Å². The summed E-state index contributed by atoms with van der Waals surface area (Å²) in [6.07, 6.45) is -3.10. The van der Waals surface area contributed by atoms with Crippen molar-refractivity contribution in [3.05, 3.63) is 59.3 Å². The Balaban J connectivity index is 2.25. The summed E-state index contributed by atoms with van der Waals surface area (Å²) in [6, 6.07) is 16.0. The molecule has 0 spiro atoms. The topological polar surface area (TPSA) is 3.88 Å². The van der Waals surface area contributed by atoms with Crippen LogP contribution in [-0.4, -0.2) is 14.3 Å². The van der Waals surface area contributed by atoms with Crippen molar-refractivity contribution in [3.63, 3.8) is 0 Å². The summed E-state index contributed by atoms with van der Waals surface area (Å²) in [4.78, 5) is 0. The molecular weight excluding hydrogens is 411 g/mol. The Morgan fingerprint density at radius 2 is 1.55 bits per heavy atom. The summed E-state index contributed by atoms with van der Waals surface area (Å²) >= 11 is 0. The number of pyridine rings is 1. The highest BCUT2D eigenvalue weighted by molar-refractivity contribution is 6.91. The molecule has 0 aliphatic rings. The van der Waals surface area contributed by atoms with Crippen molar-refractivity contribution in [2.75, 3.05) is 0 Å². The maximum absolute atomic E-state index is 13.1. The molecule has 0 bridgehead atoms. The monoisotopic (exact) mass is 444 g/mol. The molecule has 2 aromatic carbocycles. The molecule has 0 N–H and O–H groups in total. The fourth-order valence-electron chi connectivity index (χ4n) is 4.91. The number of rotatable bonds is 6. The number of aromatic nitrogens is 1. The smallest absolute Gasteiger partial charge is 0.200 e. The molecule has 0 unspecified atom stereocenters. The Morgan fingerprint density at radius 3 is 2.13 bits per heavy atom. The second kappa shape index (κ2) is 8.77. The van der Waals surface area contributed by atoms with Crippen LogP contribution in [-0.2, 0) is 13.5 Å². The van der Waals surface area contributed by atoms with E-state index < -0.39 is 20.7 Å². The molecule has 0 radical (unpaired) electrons. The maximum atomic E-state index is 13.1. The zero-order chi connectivity index (χ0) is 23.0. The van der Waals surface area contributed by atoms with E-state index in [0.29, 0.717) is 5.56 Å². The Kier molecular flexibility index (Phi) is 6.66. The highest BCUT2D eigenvalue weighted by Gasteiger charge is 2.31. The van der Waals surface area contributed by atoms with Crippen LogP contribution in [0.4, 0.5) is 13.2 Å². The number of nitrogens with zero attached hydrogens (tertiary/aromatic N) is 1. The van der Waals surface area contributed by atoms with Crippen LogP contribution in [0.1, 0.15) is 37.5 Å². The third kappa shape index (κ3) is 4.57. The standard InChI is InChI=1S/C26H33F3NSi/c1-7-31(8-2,9-3)22-10-11-23-21(16-22)12-13-30(6)25(23)24-15-20(17-26(27,28)29)14-18(4)19(24)5/h10-16H,7-9,17H2,1-6H3/q+1. The van der Waals surface area contributed by atoms with Gasteiger partial charge in [-0.2, -0.15) is 13.2 Å². The van der Waals surface area contributed by atoms with E-state index in [1.54, 1.807) is 12.1 Å². The van der Waals surface area contributed by atoms with Crippen LogP contribution in [0.15, 0.2) is 42.6 Å². The number of halogens is 3. The number of alkyl halides is 3. The Bertz CT molecular complexity index is 1090. The van der Waals surface area contributed by atoms with E-state index in [4.69, 9.17) is 0 Å². The second-order valence-corrected chi connectivity index (χ2v) is 14.1. The van der Waals surface area contributed by atoms with Gasteiger partial charge in [-0.05, 0) is 48.1 Å². The molecule has 5 heteroatoms. The molecule has 31 heavy (non-hydrogen) atoms. The molecule has 0 atom stereocenters. The lowest BCUT2D eigenvalue weighted by molar-refractivity contribution is -0.659. The zero-order valence-electron chi connectivity index (χ0n) is 19.5. The van der Waals surface area contributed by atoms with E-state index >= 15 is 0 Å². The number of hydrogen-bond donors (Lipinski definition) is 0. The van der Waals surface area contributed by atoms with Gasteiger partial charge in [0.25, 0.3) is 0 Å². The molecule has 0 fully saturated rings. The predicted octanol–water partition coefficient (Wildman–Crippen LogP) is 6.77. The average Bonchev–Trinajstić information content (AvgIpc) is 2.71. The molecule has 0 aliphatic carbocycles. The van der Waals surface area contributed by atoms with Gasteiger partial charge in [0.1, 0.15) is 7.05 Å². The normalized spacial score (nSPS) is 12.5. The molecule has 1 heterocycles. The molecule has 3 rings (SSSR count). The lowest BCUT2D eigenvalue weighted by Crippen LogP contribution is -2.45. The lowest BCUT2D eigenvalue weighted by atomic mass is 9.93. The van der Waals surface area contributed by atoms with E-state index in [1.165, 1.54) is 23.3 Å². The Labute approximate surface area is 184 Å². The molecular formula is C26H33F3NSi+. The summed E-state index contributed by atoms with van der Waals surface area (Å²) in [6.45, 7) is 10.8. The van der Waals surface area contributed by atoms with Crippen LogP contribution in [0.2, 0.25) is 18.1 Å². The Hall–Kier alpha value is -2.14. The third-order valence-corrected chi connectivity index (χ3v) is 12.8. The van der Waals surface area contributed by atoms with Crippen molar-refractivity contribution in [2.45, 2.75) is 65.3 Å². The fourth-order valence-corrected chi connectivity index (χ4v) is 8.54. The molecule has 0 saturated carbocycles. The van der Waals surface area contributed by atoms with Crippen LogP contribution in [0.25, 0.3) is 22.0 Å². The minimum Gasteiger partial charge on any atom is -0.200 e. The molecule has 3 aromatic rings. The van der Waals surface area contributed by atoms with E-state index in [2.05, 4.69) is 45.0 Å². The predicted molar refractivity (Wildman–Crippen MR) is 127 cm³/mol. The summed E-state index contributed by atoms with van der Waals surface area (Å²) in [5.74, 6) is 0. The second-order valence-electron chi connectivity index (χ2n) is 8.80. The van der Waals surface area contributed by atoms with Crippen molar-refractivity contribution in [1.82, 2.24) is 0 Å². The minimum atomic E-state index is -4.22. The molecule has 0 saturated heterocycles. The first-order valence-electron chi connectivity index (χ1n) is 11.1. The molecule has 0 amide bonds. The third-order valence-electron chi connectivity index (χ3n) is 7.17. The largest absolute Gasteiger partial charge is 0.393 e. The van der Waals surface area contributed by atoms with Crippen LogP contribution in [0, 0.1) is 13.8 Å². The summed E-state index contributed by atoms with van der Waals surface area (Å²) in [5, 5.41) is 3.73. The number of fused-ring (bicyclic) bond motifs is 1. The van der Waals surface area contributed by atoms with Crippen LogP contribution in [0.5, 0.6) is 0 Å². The maximum Gasteiger partial charge on any atom is 0.393 e. The first kappa shape index (κ1) is 23.5. The van der Waals surface area contributed by atoms with Gasteiger partial charge in [-0.25, -0.2) is 4.57 Å². The fraction of sp³-hybridized carbons (Fsp3) is 0.423. The first-order valence-corrected chi connectivity index (χ1v) is 13.8. The zero-order valence-corrected chi connectivity index (χ0v) is 20.5. The van der Waals surface area contributed by atoms with Gasteiger partial charge in [0, 0.05) is 6.07 Å². The summed E-state index contributed by atoms with van der Waals surface area (Å²) < 4.78 is 41.3. The number of aryl methyl sites for hydroxylation is 2. The SMILES string of the molecule is CC[Si](CC)(CC)c1ccc2c(-c3cc(CC(F)(F)F)cc(C)c3C)[n+](C)ccc2c1. The number of hydrogen-bond acceptors (Lipinski definition) is 0. The van der Waals surface area contributed by atoms with E-state index in [-0.39, 0.29) is 0 Å². The summed E-state index contributed by atoms with van der Waals surface area (Å²) in [7, 11) is 0.461. The van der Waals surface area contributed by atoms with Gasteiger partial charge < -0.3 is 0 Å². The van der Waals surface area contributed by atoms with E-state index in [1.807, 2.05) is 31.7 Å². The molecule has 166 valence electrons. The molecule has 1 nitrogen and oxygen atoms in total. The summed E-state index contributed by atoms with van der Waals surface area (Å²) in [5.41, 5.74) is 4.08.